The number of para-hydroxylation sites is 1. The predicted molar refractivity (Wildman–Crippen MR) is 79.0 cm³/mol. The number of carboxylic acids is 1. The molecule has 0 heterocycles. The maximum absolute atomic E-state index is 12.3. The Morgan fingerprint density at radius 2 is 1.76 bits per heavy atom. The number of aliphatic carboxylic acids is 1. The third-order valence-electron chi connectivity index (χ3n) is 3.05. The van der Waals surface area contributed by atoms with Gasteiger partial charge < -0.3 is 14.9 Å². The van der Waals surface area contributed by atoms with Gasteiger partial charge in [0.05, 0.1) is 6.54 Å². The molecule has 6 heteroatoms. The maximum Gasteiger partial charge on any atom is 0.303 e. The molecule has 0 aliphatic rings. The van der Waals surface area contributed by atoms with Gasteiger partial charge in [0.2, 0.25) is 11.8 Å². The Bertz CT molecular complexity index is 502. The molecule has 1 rings (SSSR count). The van der Waals surface area contributed by atoms with Crippen LogP contribution in [0.15, 0.2) is 30.3 Å². The average Bonchev–Trinajstić information content (AvgIpc) is 2.43. The van der Waals surface area contributed by atoms with Gasteiger partial charge in [0.15, 0.2) is 0 Å². The fourth-order valence-corrected chi connectivity index (χ4v) is 1.79. The second-order valence-corrected chi connectivity index (χ2v) is 4.75. The highest BCUT2D eigenvalue weighted by atomic mass is 16.4. The summed E-state index contributed by atoms with van der Waals surface area (Å²) in [5.74, 6) is -1.32. The number of amides is 2. The number of carbonyl (C=O) groups excluding carboxylic acids is 2. The van der Waals surface area contributed by atoms with E-state index in [-0.39, 0.29) is 24.8 Å². The van der Waals surface area contributed by atoms with E-state index in [1.54, 1.807) is 19.2 Å². The van der Waals surface area contributed by atoms with Gasteiger partial charge in [-0.15, -0.1) is 0 Å². The molecule has 114 valence electrons. The monoisotopic (exact) mass is 292 g/mol. The zero-order chi connectivity index (χ0) is 15.8. The first kappa shape index (κ1) is 16.7. The number of nitrogens with zero attached hydrogens (tertiary/aromatic N) is 2. The van der Waals surface area contributed by atoms with Crippen LogP contribution in [0.4, 0.5) is 5.69 Å². The highest BCUT2D eigenvalue weighted by Gasteiger charge is 2.18. The molecule has 1 N–H and O–H groups in total. The Kier molecular flexibility index (Phi) is 6.39. The summed E-state index contributed by atoms with van der Waals surface area (Å²) in [6.07, 6.45) is 0.360. The lowest BCUT2D eigenvalue weighted by Crippen LogP contribution is -2.41. The van der Waals surface area contributed by atoms with E-state index >= 15 is 0 Å². The standard InChI is InChI=1S/C15H20N2O4/c1-12(18)16(2)11-14(19)17(10-6-9-15(20)21)13-7-4-3-5-8-13/h3-5,7-8H,6,9-11H2,1-2H3,(H,20,21). The largest absolute Gasteiger partial charge is 0.481 e. The highest BCUT2D eigenvalue weighted by molar-refractivity contribution is 5.96. The molecule has 21 heavy (non-hydrogen) atoms. The number of benzene rings is 1. The lowest BCUT2D eigenvalue weighted by atomic mass is 10.2. The fraction of sp³-hybridized carbons (Fsp3) is 0.400. The van der Waals surface area contributed by atoms with Crippen LogP contribution in [-0.2, 0) is 14.4 Å². The van der Waals surface area contributed by atoms with Crippen LogP contribution in [0, 0.1) is 0 Å². The number of hydrogen-bond donors (Lipinski definition) is 1. The van der Waals surface area contributed by atoms with Gasteiger partial charge in [-0.1, -0.05) is 18.2 Å². The molecule has 0 bridgehead atoms. The van der Waals surface area contributed by atoms with Crippen molar-refractivity contribution in [3.05, 3.63) is 30.3 Å². The van der Waals surface area contributed by atoms with Gasteiger partial charge in [0.25, 0.3) is 0 Å². The molecular weight excluding hydrogens is 272 g/mol. The normalized spacial score (nSPS) is 10.0. The third kappa shape index (κ3) is 5.64. The van der Waals surface area contributed by atoms with Gasteiger partial charge in [0.1, 0.15) is 0 Å². The average molecular weight is 292 g/mol. The van der Waals surface area contributed by atoms with Gasteiger partial charge in [-0.25, -0.2) is 0 Å². The van der Waals surface area contributed by atoms with Crippen molar-refractivity contribution in [1.29, 1.82) is 0 Å². The van der Waals surface area contributed by atoms with Crippen LogP contribution in [0.3, 0.4) is 0 Å². The van der Waals surface area contributed by atoms with E-state index < -0.39 is 5.97 Å². The lowest BCUT2D eigenvalue weighted by Gasteiger charge is -2.25. The van der Waals surface area contributed by atoms with Crippen LogP contribution in [0.25, 0.3) is 0 Å². The first-order valence-corrected chi connectivity index (χ1v) is 6.70. The summed E-state index contributed by atoms with van der Waals surface area (Å²) in [4.78, 5) is 37.0. The zero-order valence-corrected chi connectivity index (χ0v) is 12.3. The quantitative estimate of drug-likeness (QED) is 0.823. The number of hydrogen-bond acceptors (Lipinski definition) is 3. The van der Waals surface area contributed by atoms with E-state index in [0.717, 1.165) is 0 Å². The van der Waals surface area contributed by atoms with Crippen molar-refractivity contribution in [3.8, 4) is 0 Å². The lowest BCUT2D eigenvalue weighted by molar-refractivity contribution is -0.137. The summed E-state index contributed by atoms with van der Waals surface area (Å²) in [7, 11) is 1.56. The van der Waals surface area contributed by atoms with Gasteiger partial charge in [-0.2, -0.15) is 0 Å². The van der Waals surface area contributed by atoms with Crippen molar-refractivity contribution in [3.63, 3.8) is 0 Å². The third-order valence-corrected chi connectivity index (χ3v) is 3.05. The van der Waals surface area contributed by atoms with Crippen LogP contribution < -0.4 is 4.90 Å². The Balaban J connectivity index is 2.78. The molecule has 6 nitrogen and oxygen atoms in total. The van der Waals surface area contributed by atoms with Crippen LogP contribution in [-0.4, -0.2) is 47.9 Å². The smallest absolute Gasteiger partial charge is 0.303 e. The molecule has 2 amide bonds. The molecule has 0 saturated heterocycles. The van der Waals surface area contributed by atoms with Crippen molar-refractivity contribution >= 4 is 23.5 Å². The van der Waals surface area contributed by atoms with E-state index in [4.69, 9.17) is 5.11 Å². The molecule has 0 atom stereocenters. The second kappa shape index (κ2) is 8.04. The van der Waals surface area contributed by atoms with Crippen LogP contribution in [0.2, 0.25) is 0 Å². The van der Waals surface area contributed by atoms with Gasteiger partial charge in [-0.05, 0) is 18.6 Å². The summed E-state index contributed by atoms with van der Waals surface area (Å²) >= 11 is 0. The summed E-state index contributed by atoms with van der Waals surface area (Å²) in [6, 6.07) is 9.02. The Morgan fingerprint density at radius 3 is 2.29 bits per heavy atom. The summed E-state index contributed by atoms with van der Waals surface area (Å²) in [5.41, 5.74) is 0.699. The molecule has 1 aromatic rings. The first-order chi connectivity index (χ1) is 9.91. The summed E-state index contributed by atoms with van der Waals surface area (Å²) in [6.45, 7) is 1.67. The molecule has 0 fully saturated rings. The molecular formula is C15H20N2O4. The summed E-state index contributed by atoms with van der Waals surface area (Å²) < 4.78 is 0. The maximum atomic E-state index is 12.3. The van der Waals surface area contributed by atoms with Gasteiger partial charge in [-0.3, -0.25) is 14.4 Å². The van der Waals surface area contributed by atoms with Crippen molar-refractivity contribution in [1.82, 2.24) is 4.90 Å². The van der Waals surface area contributed by atoms with E-state index in [2.05, 4.69) is 0 Å². The number of rotatable bonds is 7. The predicted octanol–water partition coefficient (Wildman–Crippen LogP) is 1.36. The fourth-order valence-electron chi connectivity index (χ4n) is 1.79. The van der Waals surface area contributed by atoms with E-state index in [0.29, 0.717) is 18.7 Å². The first-order valence-electron chi connectivity index (χ1n) is 6.70. The SMILES string of the molecule is CC(=O)N(C)CC(=O)N(CCCC(=O)O)c1ccccc1. The van der Waals surface area contributed by atoms with Gasteiger partial charge >= 0.3 is 5.97 Å². The molecule has 0 spiro atoms. The van der Waals surface area contributed by atoms with Crippen molar-refractivity contribution in [2.75, 3.05) is 25.0 Å². The van der Waals surface area contributed by atoms with Gasteiger partial charge in [0, 0.05) is 32.6 Å². The number of likely N-dealkylation sites (N-methyl/N-ethyl adjacent to an activating group) is 1. The molecule has 0 radical (unpaired) electrons. The zero-order valence-electron chi connectivity index (χ0n) is 12.3. The molecule has 0 saturated carbocycles. The number of carboxylic acid groups (broad SMARTS) is 1. The molecule has 0 unspecified atom stereocenters. The Labute approximate surface area is 124 Å². The minimum atomic E-state index is -0.892. The number of anilines is 1. The minimum absolute atomic E-state index is 0.000832. The highest BCUT2D eigenvalue weighted by Crippen LogP contribution is 2.14. The van der Waals surface area contributed by atoms with Crippen molar-refractivity contribution in [2.24, 2.45) is 0 Å². The topological polar surface area (TPSA) is 77.9 Å². The van der Waals surface area contributed by atoms with E-state index in [1.165, 1.54) is 16.7 Å². The van der Waals surface area contributed by atoms with Crippen molar-refractivity contribution < 1.29 is 19.5 Å². The second-order valence-electron chi connectivity index (χ2n) is 4.75. The molecule has 0 aliphatic carbocycles. The Hall–Kier alpha value is -2.37. The minimum Gasteiger partial charge on any atom is -0.481 e. The molecule has 0 aliphatic heterocycles. The molecule has 0 aromatic heterocycles. The van der Waals surface area contributed by atoms with Crippen LogP contribution in [0.5, 0.6) is 0 Å². The van der Waals surface area contributed by atoms with E-state index in [1.807, 2.05) is 18.2 Å². The van der Waals surface area contributed by atoms with Crippen LogP contribution >= 0.6 is 0 Å². The Morgan fingerprint density at radius 1 is 1.14 bits per heavy atom. The molecule has 1 aromatic carbocycles. The van der Waals surface area contributed by atoms with E-state index in [9.17, 15) is 14.4 Å². The summed E-state index contributed by atoms with van der Waals surface area (Å²) in [5, 5.41) is 8.70. The van der Waals surface area contributed by atoms with Crippen LogP contribution in [0.1, 0.15) is 19.8 Å². The van der Waals surface area contributed by atoms with Crippen molar-refractivity contribution in [2.45, 2.75) is 19.8 Å². The number of carbonyl (C=O) groups is 3.